The fraction of sp³-hybridized carbons (Fsp3) is 0.615. The van der Waals surface area contributed by atoms with Crippen molar-refractivity contribution in [3.8, 4) is 0 Å². The van der Waals surface area contributed by atoms with E-state index in [0.717, 1.165) is 4.90 Å². The molecule has 1 unspecified atom stereocenters. The zero-order valence-corrected chi connectivity index (χ0v) is 11.6. The van der Waals surface area contributed by atoms with Crippen LogP contribution in [0.25, 0.3) is 0 Å². The number of allylic oxidation sites excluding steroid dienone is 1. The first kappa shape index (κ1) is 15.2. The fourth-order valence-corrected chi connectivity index (χ4v) is 1.56. The van der Waals surface area contributed by atoms with E-state index in [0.29, 0.717) is 0 Å². The van der Waals surface area contributed by atoms with E-state index in [-0.39, 0.29) is 18.8 Å². The Labute approximate surface area is 112 Å². The maximum Gasteiger partial charge on any atom is 0.415 e. The molecule has 106 valence electrons. The van der Waals surface area contributed by atoms with Gasteiger partial charge >= 0.3 is 12.1 Å². The number of rotatable bonds is 2. The van der Waals surface area contributed by atoms with E-state index in [2.05, 4.69) is 0 Å². The van der Waals surface area contributed by atoms with Crippen molar-refractivity contribution in [1.29, 1.82) is 0 Å². The number of nitrogens with zero attached hydrogens (tertiary/aromatic N) is 1. The summed E-state index contributed by atoms with van der Waals surface area (Å²) in [6.07, 6.45) is 1.75. The average molecular weight is 269 g/mol. The van der Waals surface area contributed by atoms with Crippen molar-refractivity contribution in [1.82, 2.24) is 4.90 Å². The Bertz CT molecular complexity index is 408. The van der Waals surface area contributed by atoms with Gasteiger partial charge in [0.05, 0.1) is 6.61 Å². The summed E-state index contributed by atoms with van der Waals surface area (Å²) < 4.78 is 10.1. The normalized spacial score (nSPS) is 19.3. The molecule has 0 fully saturated rings. The second-order valence-corrected chi connectivity index (χ2v) is 5.14. The van der Waals surface area contributed by atoms with Gasteiger partial charge in [0.15, 0.2) is 5.78 Å². The Hall–Kier alpha value is -1.85. The van der Waals surface area contributed by atoms with E-state index in [4.69, 9.17) is 9.47 Å². The van der Waals surface area contributed by atoms with Gasteiger partial charge in [-0.15, -0.1) is 0 Å². The molecule has 0 aromatic rings. The molecule has 0 bridgehead atoms. The van der Waals surface area contributed by atoms with Crippen LogP contribution >= 0.6 is 0 Å². The number of ketones is 1. The van der Waals surface area contributed by atoms with Crippen LogP contribution in [0.5, 0.6) is 0 Å². The first-order valence-corrected chi connectivity index (χ1v) is 6.13. The van der Waals surface area contributed by atoms with E-state index in [1.165, 1.54) is 12.3 Å². The van der Waals surface area contributed by atoms with Crippen LogP contribution in [0, 0.1) is 0 Å². The maximum atomic E-state index is 12.0. The third kappa shape index (κ3) is 4.39. The van der Waals surface area contributed by atoms with Crippen molar-refractivity contribution in [2.75, 3.05) is 6.61 Å². The maximum absolute atomic E-state index is 12.0. The molecule has 1 heterocycles. The van der Waals surface area contributed by atoms with E-state index >= 15 is 0 Å². The number of esters is 1. The summed E-state index contributed by atoms with van der Waals surface area (Å²) in [5.74, 6) is -0.830. The summed E-state index contributed by atoms with van der Waals surface area (Å²) in [6.45, 7) is 7.03. The predicted octanol–water partition coefficient (Wildman–Crippen LogP) is 1.64. The first-order chi connectivity index (χ1) is 8.74. The molecule has 0 aliphatic carbocycles. The highest BCUT2D eigenvalue weighted by molar-refractivity contribution is 5.97. The zero-order valence-electron chi connectivity index (χ0n) is 11.6. The first-order valence-electron chi connectivity index (χ1n) is 6.13. The second-order valence-electron chi connectivity index (χ2n) is 5.14. The van der Waals surface area contributed by atoms with Gasteiger partial charge in [-0.3, -0.25) is 9.69 Å². The van der Waals surface area contributed by atoms with Crippen molar-refractivity contribution < 1.29 is 23.9 Å². The Morgan fingerprint density at radius 1 is 1.42 bits per heavy atom. The lowest BCUT2D eigenvalue weighted by Gasteiger charge is -2.31. The topological polar surface area (TPSA) is 72.9 Å². The van der Waals surface area contributed by atoms with Crippen LogP contribution in [-0.2, 0) is 19.1 Å². The molecule has 6 nitrogen and oxygen atoms in total. The van der Waals surface area contributed by atoms with Crippen LogP contribution in [0.4, 0.5) is 4.79 Å². The lowest BCUT2D eigenvalue weighted by atomic mass is 10.1. The number of hydrogen-bond donors (Lipinski definition) is 0. The number of hydrogen-bond acceptors (Lipinski definition) is 5. The molecule has 1 rings (SSSR count). The lowest BCUT2D eigenvalue weighted by molar-refractivity contribution is -0.150. The molecule has 1 amide bonds. The predicted molar refractivity (Wildman–Crippen MR) is 67.3 cm³/mol. The smallest absolute Gasteiger partial charge is 0.415 e. The van der Waals surface area contributed by atoms with Crippen molar-refractivity contribution in [2.45, 2.75) is 45.8 Å². The molecular weight excluding hydrogens is 250 g/mol. The summed E-state index contributed by atoms with van der Waals surface area (Å²) in [6, 6.07) is -0.952. The Balaban J connectivity index is 2.87. The van der Waals surface area contributed by atoms with Crippen LogP contribution < -0.4 is 0 Å². The molecule has 6 heteroatoms. The minimum atomic E-state index is -0.952. The van der Waals surface area contributed by atoms with Gasteiger partial charge in [-0.25, -0.2) is 9.59 Å². The molecule has 1 atom stereocenters. The standard InChI is InChI=1S/C13H19NO5/c1-5-18-11(16)10-8-9(15)6-7-14(10)12(17)19-13(2,3)4/h6-7,10H,5,8H2,1-4H3. The largest absolute Gasteiger partial charge is 0.464 e. The van der Waals surface area contributed by atoms with E-state index in [9.17, 15) is 14.4 Å². The van der Waals surface area contributed by atoms with Crippen molar-refractivity contribution in [3.63, 3.8) is 0 Å². The molecule has 0 aromatic heterocycles. The van der Waals surface area contributed by atoms with Gasteiger partial charge in [0.25, 0.3) is 0 Å². The van der Waals surface area contributed by atoms with Crippen LogP contribution in [0.2, 0.25) is 0 Å². The zero-order chi connectivity index (χ0) is 14.6. The van der Waals surface area contributed by atoms with Crippen LogP contribution in [0.3, 0.4) is 0 Å². The number of ether oxygens (including phenoxy) is 2. The van der Waals surface area contributed by atoms with Crippen molar-refractivity contribution in [3.05, 3.63) is 12.3 Å². The monoisotopic (exact) mass is 269 g/mol. The molecule has 0 saturated carbocycles. The molecule has 0 saturated heterocycles. The van der Waals surface area contributed by atoms with Crippen LogP contribution in [0.1, 0.15) is 34.1 Å². The van der Waals surface area contributed by atoms with Gasteiger partial charge in [0.2, 0.25) is 0 Å². The lowest BCUT2D eigenvalue weighted by Crippen LogP contribution is -2.47. The Kier molecular flexibility index (Phi) is 4.69. The van der Waals surface area contributed by atoms with Gasteiger partial charge in [0, 0.05) is 12.6 Å². The van der Waals surface area contributed by atoms with Crippen LogP contribution in [-0.4, -0.2) is 41.0 Å². The molecule has 1 aliphatic heterocycles. The summed E-state index contributed by atoms with van der Waals surface area (Å²) in [5.41, 5.74) is -0.675. The van der Waals surface area contributed by atoms with Gasteiger partial charge in [0.1, 0.15) is 11.6 Å². The van der Waals surface area contributed by atoms with Gasteiger partial charge in [-0.05, 0) is 33.8 Å². The minimum Gasteiger partial charge on any atom is -0.464 e. The molecular formula is C13H19NO5. The molecule has 0 aromatic carbocycles. The third-order valence-corrected chi connectivity index (χ3v) is 2.31. The summed E-state index contributed by atoms with van der Waals surface area (Å²) in [5, 5.41) is 0. The van der Waals surface area contributed by atoms with Gasteiger partial charge < -0.3 is 9.47 Å². The number of amides is 1. The summed E-state index contributed by atoms with van der Waals surface area (Å²) >= 11 is 0. The summed E-state index contributed by atoms with van der Waals surface area (Å²) in [7, 11) is 0. The number of carbonyl (C=O) groups excluding carboxylic acids is 3. The Morgan fingerprint density at radius 3 is 2.58 bits per heavy atom. The number of carbonyl (C=O) groups is 3. The third-order valence-electron chi connectivity index (χ3n) is 2.31. The van der Waals surface area contributed by atoms with Crippen molar-refractivity contribution in [2.24, 2.45) is 0 Å². The van der Waals surface area contributed by atoms with Gasteiger partial charge in [-0.1, -0.05) is 0 Å². The van der Waals surface area contributed by atoms with Gasteiger partial charge in [-0.2, -0.15) is 0 Å². The van der Waals surface area contributed by atoms with E-state index in [1.54, 1.807) is 27.7 Å². The molecule has 0 radical (unpaired) electrons. The van der Waals surface area contributed by atoms with Crippen LogP contribution in [0.15, 0.2) is 12.3 Å². The molecule has 0 N–H and O–H groups in total. The highest BCUT2D eigenvalue weighted by Crippen LogP contribution is 2.18. The molecule has 1 aliphatic rings. The quantitative estimate of drug-likeness (QED) is 0.712. The average Bonchev–Trinajstić information content (AvgIpc) is 2.26. The highest BCUT2D eigenvalue weighted by Gasteiger charge is 2.36. The Morgan fingerprint density at radius 2 is 2.05 bits per heavy atom. The summed E-state index contributed by atoms with van der Waals surface area (Å²) in [4.78, 5) is 36.2. The van der Waals surface area contributed by atoms with E-state index in [1.807, 2.05) is 0 Å². The highest BCUT2D eigenvalue weighted by atomic mass is 16.6. The molecule has 0 spiro atoms. The second kappa shape index (κ2) is 5.86. The van der Waals surface area contributed by atoms with Crippen molar-refractivity contribution >= 4 is 17.8 Å². The fourth-order valence-electron chi connectivity index (χ4n) is 1.56. The minimum absolute atomic E-state index is 0.0887. The van der Waals surface area contributed by atoms with E-state index < -0.39 is 23.7 Å². The SMILES string of the molecule is CCOC(=O)C1CC(=O)C=CN1C(=O)OC(C)(C)C. The molecule has 19 heavy (non-hydrogen) atoms.